The number of carbonyl (C=O) groups is 1. The summed E-state index contributed by atoms with van der Waals surface area (Å²) in [6.07, 6.45) is 8.38. The summed E-state index contributed by atoms with van der Waals surface area (Å²) in [7, 11) is 0. The molecule has 1 amide bonds. The van der Waals surface area contributed by atoms with Gasteiger partial charge in [-0.2, -0.15) is 0 Å². The van der Waals surface area contributed by atoms with Crippen LogP contribution in [0.5, 0.6) is 0 Å². The van der Waals surface area contributed by atoms with Gasteiger partial charge in [0.05, 0.1) is 5.69 Å². The highest BCUT2D eigenvalue weighted by molar-refractivity contribution is 7.13. The maximum absolute atomic E-state index is 13.0. The molecule has 1 heterocycles. The van der Waals surface area contributed by atoms with E-state index in [1.54, 1.807) is 42.5 Å². The molecule has 0 fully saturated rings. The van der Waals surface area contributed by atoms with Gasteiger partial charge >= 0.3 is 0 Å². The minimum absolute atomic E-state index is 0.273. The maximum atomic E-state index is 13.0. The van der Waals surface area contributed by atoms with E-state index >= 15 is 0 Å². The molecule has 1 N–H and O–H groups in total. The van der Waals surface area contributed by atoms with Crippen molar-refractivity contribution in [2.45, 2.75) is 0 Å². The number of nitrogens with zero attached hydrogens (tertiary/aromatic N) is 1. The summed E-state index contributed by atoms with van der Waals surface area (Å²) >= 11 is 1.43. The largest absolute Gasteiger partial charge is 0.322 e. The molecule has 0 saturated heterocycles. The zero-order valence-electron chi connectivity index (χ0n) is 13.1. The van der Waals surface area contributed by atoms with Gasteiger partial charge in [0, 0.05) is 28.3 Å². The summed E-state index contributed by atoms with van der Waals surface area (Å²) in [5, 5.41) is 5.34. The molecule has 122 valence electrons. The van der Waals surface area contributed by atoms with E-state index in [1.807, 2.05) is 5.38 Å². The first-order chi connectivity index (χ1) is 12.1. The lowest BCUT2D eigenvalue weighted by atomic mass is 10.2. The van der Waals surface area contributed by atoms with Crippen LogP contribution in [-0.4, -0.2) is 10.9 Å². The number of terminal acetylenes is 1. The Kier molecular flexibility index (Phi) is 5.03. The van der Waals surface area contributed by atoms with Gasteiger partial charge in [-0.1, -0.05) is 12.0 Å². The Balaban J connectivity index is 1.66. The van der Waals surface area contributed by atoms with E-state index in [0.717, 1.165) is 10.6 Å². The van der Waals surface area contributed by atoms with Crippen LogP contribution in [0.1, 0.15) is 11.3 Å². The van der Waals surface area contributed by atoms with Crippen LogP contribution in [-0.2, 0) is 4.79 Å². The fourth-order valence-electron chi connectivity index (χ4n) is 2.12. The van der Waals surface area contributed by atoms with Crippen molar-refractivity contribution < 1.29 is 9.18 Å². The van der Waals surface area contributed by atoms with Crippen LogP contribution in [0.2, 0.25) is 0 Å². The molecule has 1 aromatic heterocycles. The van der Waals surface area contributed by atoms with Gasteiger partial charge in [-0.3, -0.25) is 4.79 Å². The Hall–Kier alpha value is -3.23. The number of amides is 1. The van der Waals surface area contributed by atoms with Crippen LogP contribution in [0.4, 0.5) is 10.1 Å². The van der Waals surface area contributed by atoms with Crippen LogP contribution in [0, 0.1) is 18.2 Å². The molecule has 2 aromatic carbocycles. The topological polar surface area (TPSA) is 42.0 Å². The maximum Gasteiger partial charge on any atom is 0.248 e. The number of rotatable bonds is 4. The van der Waals surface area contributed by atoms with Crippen LogP contribution >= 0.6 is 11.3 Å². The second-order valence-corrected chi connectivity index (χ2v) is 5.99. The third-order valence-electron chi connectivity index (χ3n) is 3.32. The molecule has 0 saturated carbocycles. The second kappa shape index (κ2) is 7.56. The van der Waals surface area contributed by atoms with Crippen LogP contribution < -0.4 is 5.32 Å². The molecule has 3 nitrogen and oxygen atoms in total. The monoisotopic (exact) mass is 348 g/mol. The summed E-state index contributed by atoms with van der Waals surface area (Å²) in [6.45, 7) is 0. The van der Waals surface area contributed by atoms with Crippen molar-refractivity contribution in [1.82, 2.24) is 4.98 Å². The van der Waals surface area contributed by atoms with Gasteiger partial charge in [0.2, 0.25) is 5.91 Å². The van der Waals surface area contributed by atoms with Gasteiger partial charge in [0.25, 0.3) is 0 Å². The first-order valence-electron chi connectivity index (χ1n) is 7.41. The predicted molar refractivity (Wildman–Crippen MR) is 99.5 cm³/mol. The molecule has 0 aliphatic heterocycles. The van der Waals surface area contributed by atoms with Crippen molar-refractivity contribution >= 4 is 29.0 Å². The van der Waals surface area contributed by atoms with Crippen molar-refractivity contribution in [3.8, 4) is 22.9 Å². The quantitative estimate of drug-likeness (QED) is 0.554. The average Bonchev–Trinajstić information content (AvgIpc) is 3.10. The first kappa shape index (κ1) is 16.6. The zero-order chi connectivity index (χ0) is 17.6. The summed E-state index contributed by atoms with van der Waals surface area (Å²) < 4.78 is 13.0. The second-order valence-electron chi connectivity index (χ2n) is 5.13. The van der Waals surface area contributed by atoms with Crippen molar-refractivity contribution in [3.63, 3.8) is 0 Å². The molecule has 3 rings (SSSR count). The normalized spacial score (nSPS) is 10.6. The van der Waals surface area contributed by atoms with Crippen molar-refractivity contribution in [2.75, 3.05) is 5.32 Å². The van der Waals surface area contributed by atoms with Crippen molar-refractivity contribution in [1.29, 1.82) is 0 Å². The number of hydrogen-bond acceptors (Lipinski definition) is 3. The van der Waals surface area contributed by atoms with Crippen molar-refractivity contribution in [3.05, 3.63) is 77.1 Å². The number of hydrogen-bond donors (Lipinski definition) is 1. The Labute approximate surface area is 148 Å². The molecule has 0 spiro atoms. The molecule has 0 bridgehead atoms. The third kappa shape index (κ3) is 4.40. The van der Waals surface area contributed by atoms with E-state index in [9.17, 15) is 9.18 Å². The lowest BCUT2D eigenvalue weighted by Crippen LogP contribution is -2.07. The minimum atomic E-state index is -0.286. The molecule has 0 atom stereocenters. The predicted octanol–water partition coefficient (Wildman–Crippen LogP) is 4.58. The summed E-state index contributed by atoms with van der Waals surface area (Å²) in [5.41, 5.74) is 2.83. The fourth-order valence-corrected chi connectivity index (χ4v) is 2.91. The van der Waals surface area contributed by atoms with Gasteiger partial charge in [-0.15, -0.1) is 17.8 Å². The molecular weight excluding hydrogens is 335 g/mol. The Morgan fingerprint density at radius 1 is 1.24 bits per heavy atom. The molecule has 0 unspecified atom stereocenters. The van der Waals surface area contributed by atoms with Crippen molar-refractivity contribution in [2.24, 2.45) is 0 Å². The van der Waals surface area contributed by atoms with Crippen LogP contribution in [0.15, 0.2) is 60.0 Å². The number of anilines is 1. The molecule has 0 aliphatic rings. The van der Waals surface area contributed by atoms with Gasteiger partial charge in [0.1, 0.15) is 10.8 Å². The Morgan fingerprint density at radius 2 is 2.04 bits per heavy atom. The fraction of sp³-hybridized carbons (Fsp3) is 0. The summed E-state index contributed by atoms with van der Waals surface area (Å²) in [6, 6.07) is 13.2. The molecule has 25 heavy (non-hydrogen) atoms. The standard InChI is InChI=1S/C20H13FN2OS/c1-2-14-4-3-5-17(12-14)22-19(24)11-10-18-13-25-20(23-18)15-6-8-16(21)9-7-15/h1,3-13H,(H,22,24)/b11-10+. The van der Waals surface area contributed by atoms with E-state index in [0.29, 0.717) is 16.9 Å². The number of aromatic nitrogens is 1. The summed E-state index contributed by atoms with van der Waals surface area (Å²) in [4.78, 5) is 16.4. The lowest BCUT2D eigenvalue weighted by Gasteiger charge is -2.02. The van der Waals surface area contributed by atoms with Gasteiger partial charge in [-0.05, 0) is 48.5 Å². The minimum Gasteiger partial charge on any atom is -0.322 e. The van der Waals surface area contributed by atoms with E-state index in [2.05, 4.69) is 16.2 Å². The lowest BCUT2D eigenvalue weighted by molar-refractivity contribution is -0.111. The molecule has 5 heteroatoms. The highest BCUT2D eigenvalue weighted by atomic mass is 32.1. The summed E-state index contributed by atoms with van der Waals surface area (Å²) in [5.74, 6) is 1.96. The molecular formula is C20H13FN2OS. The highest BCUT2D eigenvalue weighted by Gasteiger charge is 2.04. The average molecular weight is 348 g/mol. The van der Waals surface area contributed by atoms with E-state index < -0.39 is 0 Å². The highest BCUT2D eigenvalue weighted by Crippen LogP contribution is 2.24. The van der Waals surface area contributed by atoms with E-state index in [4.69, 9.17) is 6.42 Å². The van der Waals surface area contributed by atoms with Crippen LogP contribution in [0.25, 0.3) is 16.6 Å². The van der Waals surface area contributed by atoms with Gasteiger partial charge in [-0.25, -0.2) is 9.37 Å². The molecule has 0 aliphatic carbocycles. The first-order valence-corrected chi connectivity index (χ1v) is 8.29. The number of thiazole rings is 1. The van der Waals surface area contributed by atoms with Gasteiger partial charge in [0.15, 0.2) is 0 Å². The Bertz CT molecular complexity index is 968. The van der Waals surface area contributed by atoms with Gasteiger partial charge < -0.3 is 5.32 Å². The zero-order valence-corrected chi connectivity index (χ0v) is 13.9. The number of benzene rings is 2. The number of nitrogens with one attached hydrogen (secondary N) is 1. The Morgan fingerprint density at radius 3 is 2.80 bits per heavy atom. The van der Waals surface area contributed by atoms with E-state index in [1.165, 1.54) is 29.5 Å². The number of halogens is 1. The smallest absolute Gasteiger partial charge is 0.248 e. The third-order valence-corrected chi connectivity index (χ3v) is 4.22. The SMILES string of the molecule is C#Cc1cccc(NC(=O)/C=C/c2csc(-c3ccc(F)cc3)n2)c1. The number of carbonyl (C=O) groups excluding carboxylic acids is 1. The van der Waals surface area contributed by atoms with E-state index in [-0.39, 0.29) is 11.7 Å². The van der Waals surface area contributed by atoms with Crippen LogP contribution in [0.3, 0.4) is 0 Å². The molecule has 0 radical (unpaired) electrons. The molecule has 3 aromatic rings.